The third-order valence-electron chi connectivity index (χ3n) is 2.82. The maximum absolute atomic E-state index is 12.2. The molecule has 0 spiro atoms. The van der Waals surface area contributed by atoms with Gasteiger partial charge in [-0.3, -0.25) is 0 Å². The Morgan fingerprint density at radius 1 is 1.37 bits per heavy atom. The first-order valence-corrected chi connectivity index (χ1v) is 7.79. The number of nitrogens with one attached hydrogen (secondary N) is 2. The van der Waals surface area contributed by atoms with Crippen LogP contribution in [0, 0.1) is 6.92 Å². The molecule has 2 N–H and O–H groups in total. The van der Waals surface area contributed by atoms with E-state index in [1.165, 1.54) is 0 Å². The molecule has 0 aliphatic heterocycles. The van der Waals surface area contributed by atoms with E-state index in [-0.39, 0.29) is 6.04 Å². The monoisotopic (exact) mass is 286 g/mol. The van der Waals surface area contributed by atoms with Crippen molar-refractivity contribution in [2.24, 2.45) is 0 Å². The highest BCUT2D eigenvalue weighted by molar-refractivity contribution is 7.89. The van der Waals surface area contributed by atoms with E-state index >= 15 is 0 Å². The summed E-state index contributed by atoms with van der Waals surface area (Å²) in [6, 6.07) is 5.07. The lowest BCUT2D eigenvalue weighted by Crippen LogP contribution is -2.37. The van der Waals surface area contributed by atoms with Crippen LogP contribution in [0.4, 0.5) is 0 Å². The minimum absolute atomic E-state index is 0.0813. The summed E-state index contributed by atoms with van der Waals surface area (Å²) >= 11 is 0. The van der Waals surface area contributed by atoms with Gasteiger partial charge in [0.15, 0.2) is 0 Å². The van der Waals surface area contributed by atoms with E-state index in [1.807, 2.05) is 13.8 Å². The fourth-order valence-electron chi connectivity index (χ4n) is 1.59. The number of hydrogen-bond acceptors (Lipinski definition) is 4. The minimum Gasteiger partial charge on any atom is -0.494 e. The van der Waals surface area contributed by atoms with Gasteiger partial charge in [0.05, 0.1) is 11.5 Å². The lowest BCUT2D eigenvalue weighted by Gasteiger charge is -2.14. The molecule has 0 fully saturated rings. The van der Waals surface area contributed by atoms with Crippen LogP contribution in [0.1, 0.15) is 19.4 Å². The van der Waals surface area contributed by atoms with Gasteiger partial charge in [-0.15, -0.1) is 0 Å². The van der Waals surface area contributed by atoms with Crippen LogP contribution in [0.25, 0.3) is 0 Å². The van der Waals surface area contributed by atoms with Crippen molar-refractivity contribution in [3.63, 3.8) is 0 Å². The van der Waals surface area contributed by atoms with Crippen LogP contribution in [0.5, 0.6) is 5.75 Å². The first-order chi connectivity index (χ1) is 8.90. The summed E-state index contributed by atoms with van der Waals surface area (Å²) in [7, 11) is -1.68. The molecule has 19 heavy (non-hydrogen) atoms. The third-order valence-corrected chi connectivity index (χ3v) is 4.40. The molecule has 0 aliphatic carbocycles. The van der Waals surface area contributed by atoms with Crippen molar-refractivity contribution in [2.75, 3.05) is 20.2 Å². The summed E-state index contributed by atoms with van der Waals surface area (Å²) in [6.07, 6.45) is 0. The second-order valence-electron chi connectivity index (χ2n) is 4.40. The molecule has 0 saturated carbocycles. The highest BCUT2D eigenvalue weighted by Gasteiger charge is 2.17. The Morgan fingerprint density at radius 2 is 2.05 bits per heavy atom. The SMILES string of the molecule is CCOc1ccc(S(=O)(=O)NCC(C)NC)c(C)c1. The molecule has 1 atom stereocenters. The molecule has 108 valence electrons. The van der Waals surface area contributed by atoms with Crippen molar-refractivity contribution >= 4 is 10.0 Å². The lowest BCUT2D eigenvalue weighted by molar-refractivity contribution is 0.339. The fraction of sp³-hybridized carbons (Fsp3) is 0.538. The summed E-state index contributed by atoms with van der Waals surface area (Å²) in [5.41, 5.74) is 0.676. The largest absolute Gasteiger partial charge is 0.494 e. The zero-order chi connectivity index (χ0) is 14.5. The first-order valence-electron chi connectivity index (χ1n) is 6.31. The molecule has 0 aromatic heterocycles. The molecule has 0 radical (unpaired) electrons. The van der Waals surface area contributed by atoms with E-state index in [0.29, 0.717) is 29.4 Å². The van der Waals surface area contributed by atoms with Crippen molar-refractivity contribution in [1.29, 1.82) is 0 Å². The van der Waals surface area contributed by atoms with Crippen molar-refractivity contribution in [3.05, 3.63) is 23.8 Å². The van der Waals surface area contributed by atoms with E-state index in [0.717, 1.165) is 0 Å². The smallest absolute Gasteiger partial charge is 0.240 e. The number of aryl methyl sites for hydroxylation is 1. The standard InChI is InChI=1S/C13H22N2O3S/c1-5-18-12-6-7-13(10(2)8-12)19(16,17)15-9-11(3)14-4/h6-8,11,14-15H,5,9H2,1-4H3. The molecule has 0 bridgehead atoms. The number of likely N-dealkylation sites (N-methyl/N-ethyl adjacent to an activating group) is 1. The number of rotatable bonds is 7. The van der Waals surface area contributed by atoms with Gasteiger partial charge in [-0.1, -0.05) is 0 Å². The maximum atomic E-state index is 12.2. The van der Waals surface area contributed by atoms with Gasteiger partial charge in [-0.25, -0.2) is 13.1 Å². The summed E-state index contributed by atoms with van der Waals surface area (Å²) in [6.45, 7) is 6.47. The zero-order valence-electron chi connectivity index (χ0n) is 11.9. The third kappa shape index (κ3) is 4.49. The molecule has 0 heterocycles. The minimum atomic E-state index is -3.47. The van der Waals surface area contributed by atoms with Gasteiger partial charge in [-0.05, 0) is 51.6 Å². The van der Waals surface area contributed by atoms with E-state index in [2.05, 4.69) is 10.0 Å². The van der Waals surface area contributed by atoms with Crippen molar-refractivity contribution < 1.29 is 13.2 Å². The van der Waals surface area contributed by atoms with Crippen LogP contribution in [0.15, 0.2) is 23.1 Å². The summed E-state index contributed by atoms with van der Waals surface area (Å²) < 4.78 is 32.3. The molecule has 0 aliphatic rings. The van der Waals surface area contributed by atoms with Gasteiger partial charge in [0.2, 0.25) is 10.0 Å². The van der Waals surface area contributed by atoms with Gasteiger partial charge in [0.1, 0.15) is 5.75 Å². The number of benzene rings is 1. The molecule has 1 rings (SSSR count). The fourth-order valence-corrected chi connectivity index (χ4v) is 2.95. The van der Waals surface area contributed by atoms with Crippen LogP contribution < -0.4 is 14.8 Å². The van der Waals surface area contributed by atoms with Crippen molar-refractivity contribution in [3.8, 4) is 5.75 Å². The Hall–Kier alpha value is -1.11. The normalized spacial score (nSPS) is 13.3. The Kier molecular flexibility index (Phi) is 5.78. The van der Waals surface area contributed by atoms with Crippen LogP contribution in [0.2, 0.25) is 0 Å². The van der Waals surface area contributed by atoms with Crippen LogP contribution >= 0.6 is 0 Å². The lowest BCUT2D eigenvalue weighted by atomic mass is 10.2. The number of ether oxygens (including phenoxy) is 1. The van der Waals surface area contributed by atoms with Crippen LogP contribution in [0.3, 0.4) is 0 Å². The second-order valence-corrected chi connectivity index (χ2v) is 6.14. The Morgan fingerprint density at radius 3 is 2.58 bits per heavy atom. The Bertz CT molecular complexity index is 515. The van der Waals surface area contributed by atoms with Gasteiger partial charge < -0.3 is 10.1 Å². The van der Waals surface area contributed by atoms with E-state index in [9.17, 15) is 8.42 Å². The molecule has 1 aromatic carbocycles. The van der Waals surface area contributed by atoms with Gasteiger partial charge in [-0.2, -0.15) is 0 Å². The average Bonchev–Trinajstić information content (AvgIpc) is 2.36. The quantitative estimate of drug-likeness (QED) is 0.792. The predicted molar refractivity (Wildman–Crippen MR) is 76.1 cm³/mol. The topological polar surface area (TPSA) is 67.4 Å². The zero-order valence-corrected chi connectivity index (χ0v) is 12.7. The maximum Gasteiger partial charge on any atom is 0.240 e. The van der Waals surface area contributed by atoms with Crippen molar-refractivity contribution in [1.82, 2.24) is 10.0 Å². The number of sulfonamides is 1. The molecule has 1 unspecified atom stereocenters. The summed E-state index contributed by atoms with van der Waals surface area (Å²) in [5, 5.41) is 2.98. The Balaban J connectivity index is 2.89. The van der Waals surface area contributed by atoms with Gasteiger partial charge in [0.25, 0.3) is 0 Å². The average molecular weight is 286 g/mol. The van der Waals surface area contributed by atoms with Crippen LogP contribution in [-0.2, 0) is 10.0 Å². The van der Waals surface area contributed by atoms with Crippen molar-refractivity contribution in [2.45, 2.75) is 31.7 Å². The van der Waals surface area contributed by atoms with Gasteiger partial charge >= 0.3 is 0 Å². The summed E-state index contributed by atoms with van der Waals surface area (Å²) in [4.78, 5) is 0.291. The molecule has 0 amide bonds. The molecular weight excluding hydrogens is 264 g/mol. The van der Waals surface area contributed by atoms with Crippen LogP contribution in [-0.4, -0.2) is 34.7 Å². The number of hydrogen-bond donors (Lipinski definition) is 2. The Labute approximate surface area is 115 Å². The second kappa shape index (κ2) is 6.88. The predicted octanol–water partition coefficient (Wildman–Crippen LogP) is 1.28. The highest BCUT2D eigenvalue weighted by atomic mass is 32.2. The van der Waals surface area contributed by atoms with E-state index in [1.54, 1.807) is 32.2 Å². The molecule has 0 saturated heterocycles. The first kappa shape index (κ1) is 15.9. The molecule has 1 aromatic rings. The molecular formula is C13H22N2O3S. The summed E-state index contributed by atoms with van der Waals surface area (Å²) in [5.74, 6) is 0.683. The van der Waals surface area contributed by atoms with E-state index < -0.39 is 10.0 Å². The van der Waals surface area contributed by atoms with E-state index in [4.69, 9.17) is 4.74 Å². The highest BCUT2D eigenvalue weighted by Crippen LogP contribution is 2.21. The molecule has 5 nitrogen and oxygen atoms in total. The molecule has 6 heteroatoms. The van der Waals surface area contributed by atoms with Gasteiger partial charge in [0, 0.05) is 12.6 Å².